The molecule has 0 aliphatic rings. The van der Waals surface area contributed by atoms with E-state index in [-0.39, 0.29) is 0 Å². The Kier molecular flexibility index (Phi) is 5.86. The van der Waals surface area contributed by atoms with E-state index in [9.17, 15) is 0 Å². The highest BCUT2D eigenvalue weighted by Gasteiger charge is 2.19. The van der Waals surface area contributed by atoms with E-state index in [1.165, 1.54) is 24.1 Å². The average Bonchev–Trinajstić information content (AvgIpc) is 2.66. The summed E-state index contributed by atoms with van der Waals surface area (Å²) in [5.41, 5.74) is 2.60. The lowest BCUT2D eigenvalue weighted by atomic mass is 9.90. The second-order valence-corrected chi connectivity index (χ2v) is 5.87. The van der Waals surface area contributed by atoms with Crippen molar-refractivity contribution in [3.8, 4) is 0 Å². The van der Waals surface area contributed by atoms with Gasteiger partial charge in [0.05, 0.1) is 5.69 Å². The highest BCUT2D eigenvalue weighted by atomic mass is 15.3. The fourth-order valence-corrected chi connectivity index (χ4v) is 2.82. The van der Waals surface area contributed by atoms with E-state index in [2.05, 4.69) is 51.4 Å². The molecule has 104 valence electrons. The van der Waals surface area contributed by atoms with Gasteiger partial charge in [0.25, 0.3) is 0 Å². The van der Waals surface area contributed by atoms with Crippen LogP contribution in [0.5, 0.6) is 0 Å². The zero-order valence-electron chi connectivity index (χ0n) is 12.8. The minimum atomic E-state index is 0.433. The second-order valence-electron chi connectivity index (χ2n) is 5.87. The lowest BCUT2D eigenvalue weighted by Crippen LogP contribution is -2.20. The van der Waals surface area contributed by atoms with E-state index in [1.54, 1.807) is 0 Å². The Bertz CT molecular complexity index is 355. The summed E-state index contributed by atoms with van der Waals surface area (Å²) in [6.45, 7) is 9.13. The molecule has 0 saturated heterocycles. The molecule has 0 amide bonds. The molecule has 0 aromatic carbocycles. The third-order valence-electron chi connectivity index (χ3n) is 3.51. The molecule has 1 N–H and O–H groups in total. The van der Waals surface area contributed by atoms with Crippen molar-refractivity contribution in [1.82, 2.24) is 15.1 Å². The van der Waals surface area contributed by atoms with Crippen LogP contribution in [-0.2, 0) is 13.5 Å². The average molecular weight is 251 g/mol. The molecule has 1 aromatic heterocycles. The van der Waals surface area contributed by atoms with E-state index in [1.807, 2.05) is 11.7 Å². The largest absolute Gasteiger partial charge is 0.313 e. The molecule has 0 saturated carbocycles. The first-order valence-corrected chi connectivity index (χ1v) is 7.17. The van der Waals surface area contributed by atoms with Gasteiger partial charge in [-0.1, -0.05) is 27.7 Å². The highest BCUT2D eigenvalue weighted by molar-refractivity contribution is 5.21. The standard InChI is InChI=1S/C15H29N3/c1-7-14-13(10-18(6)17-14)15(16-5)9-12(4)8-11(2)3/h10-12,15-16H,7-9H2,1-6H3. The Hall–Kier alpha value is -0.830. The van der Waals surface area contributed by atoms with Gasteiger partial charge < -0.3 is 5.32 Å². The quantitative estimate of drug-likeness (QED) is 0.805. The monoisotopic (exact) mass is 251 g/mol. The van der Waals surface area contributed by atoms with Crippen molar-refractivity contribution < 1.29 is 0 Å². The molecular formula is C15H29N3. The first-order valence-electron chi connectivity index (χ1n) is 7.17. The molecular weight excluding hydrogens is 222 g/mol. The number of aromatic nitrogens is 2. The number of hydrogen-bond acceptors (Lipinski definition) is 2. The van der Waals surface area contributed by atoms with E-state index >= 15 is 0 Å². The second kappa shape index (κ2) is 6.93. The van der Waals surface area contributed by atoms with Gasteiger partial charge in [0.1, 0.15) is 0 Å². The first kappa shape index (κ1) is 15.2. The molecule has 0 aliphatic heterocycles. The van der Waals surface area contributed by atoms with Gasteiger partial charge in [-0.15, -0.1) is 0 Å². The fraction of sp³-hybridized carbons (Fsp3) is 0.800. The zero-order valence-corrected chi connectivity index (χ0v) is 12.8. The molecule has 2 unspecified atom stereocenters. The van der Waals surface area contributed by atoms with Gasteiger partial charge in [-0.3, -0.25) is 4.68 Å². The van der Waals surface area contributed by atoms with Crippen LogP contribution in [0.3, 0.4) is 0 Å². The lowest BCUT2D eigenvalue weighted by Gasteiger charge is -2.21. The highest BCUT2D eigenvalue weighted by Crippen LogP contribution is 2.27. The SMILES string of the molecule is CCc1nn(C)cc1C(CC(C)CC(C)C)NC. The molecule has 1 heterocycles. The normalized spacial score (nSPS) is 15.1. The smallest absolute Gasteiger partial charge is 0.0669 e. The van der Waals surface area contributed by atoms with Crippen molar-refractivity contribution >= 4 is 0 Å². The van der Waals surface area contributed by atoms with Gasteiger partial charge in [-0.2, -0.15) is 5.10 Å². The van der Waals surface area contributed by atoms with Gasteiger partial charge >= 0.3 is 0 Å². The van der Waals surface area contributed by atoms with Crippen LogP contribution in [0.4, 0.5) is 0 Å². The van der Waals surface area contributed by atoms with E-state index in [0.29, 0.717) is 6.04 Å². The number of aryl methyl sites for hydroxylation is 2. The maximum absolute atomic E-state index is 4.54. The summed E-state index contributed by atoms with van der Waals surface area (Å²) >= 11 is 0. The molecule has 0 spiro atoms. The summed E-state index contributed by atoms with van der Waals surface area (Å²) in [5, 5.41) is 8.00. The topological polar surface area (TPSA) is 29.9 Å². The van der Waals surface area contributed by atoms with Crippen LogP contribution in [0.25, 0.3) is 0 Å². The predicted octanol–water partition coefficient (Wildman–Crippen LogP) is 3.32. The van der Waals surface area contributed by atoms with E-state index in [4.69, 9.17) is 0 Å². The van der Waals surface area contributed by atoms with Crippen LogP contribution in [-0.4, -0.2) is 16.8 Å². The van der Waals surface area contributed by atoms with E-state index < -0.39 is 0 Å². The molecule has 1 rings (SSSR count). The minimum absolute atomic E-state index is 0.433. The number of nitrogens with zero attached hydrogens (tertiary/aromatic N) is 2. The Morgan fingerprint density at radius 1 is 1.28 bits per heavy atom. The summed E-state index contributed by atoms with van der Waals surface area (Å²) in [4.78, 5) is 0. The van der Waals surface area contributed by atoms with Crippen molar-refractivity contribution in [2.24, 2.45) is 18.9 Å². The van der Waals surface area contributed by atoms with Gasteiger partial charge in [-0.05, 0) is 38.1 Å². The van der Waals surface area contributed by atoms with Crippen molar-refractivity contribution in [2.45, 2.75) is 53.0 Å². The summed E-state index contributed by atoms with van der Waals surface area (Å²) in [7, 11) is 4.06. The van der Waals surface area contributed by atoms with Crippen LogP contribution in [0, 0.1) is 11.8 Å². The van der Waals surface area contributed by atoms with Crippen LogP contribution in [0.2, 0.25) is 0 Å². The first-order chi connectivity index (χ1) is 8.47. The Morgan fingerprint density at radius 2 is 1.94 bits per heavy atom. The van der Waals surface area contributed by atoms with Gasteiger partial charge in [0, 0.05) is 24.8 Å². The summed E-state index contributed by atoms with van der Waals surface area (Å²) in [6.07, 6.45) is 5.66. The Balaban J connectivity index is 2.76. The number of rotatable bonds is 7. The fourth-order valence-electron chi connectivity index (χ4n) is 2.82. The lowest BCUT2D eigenvalue weighted by molar-refractivity contribution is 0.365. The number of hydrogen-bond donors (Lipinski definition) is 1. The van der Waals surface area contributed by atoms with E-state index in [0.717, 1.165) is 18.3 Å². The van der Waals surface area contributed by atoms with Gasteiger partial charge in [-0.25, -0.2) is 0 Å². The molecule has 18 heavy (non-hydrogen) atoms. The van der Waals surface area contributed by atoms with Crippen molar-refractivity contribution in [1.29, 1.82) is 0 Å². The number of nitrogens with one attached hydrogen (secondary N) is 1. The Morgan fingerprint density at radius 3 is 2.44 bits per heavy atom. The molecule has 1 aromatic rings. The molecule has 0 bridgehead atoms. The molecule has 0 radical (unpaired) electrons. The zero-order chi connectivity index (χ0) is 13.7. The van der Waals surface area contributed by atoms with Crippen LogP contribution < -0.4 is 5.32 Å². The minimum Gasteiger partial charge on any atom is -0.313 e. The molecule has 0 fully saturated rings. The third-order valence-corrected chi connectivity index (χ3v) is 3.51. The van der Waals surface area contributed by atoms with Gasteiger partial charge in [0.2, 0.25) is 0 Å². The van der Waals surface area contributed by atoms with Crippen molar-refractivity contribution in [3.63, 3.8) is 0 Å². The predicted molar refractivity (Wildman–Crippen MR) is 77.6 cm³/mol. The van der Waals surface area contributed by atoms with Crippen LogP contribution >= 0.6 is 0 Å². The van der Waals surface area contributed by atoms with Crippen LogP contribution in [0.1, 0.15) is 57.8 Å². The molecule has 3 heteroatoms. The maximum atomic E-state index is 4.54. The summed E-state index contributed by atoms with van der Waals surface area (Å²) in [5.74, 6) is 1.52. The maximum Gasteiger partial charge on any atom is 0.0669 e. The third kappa shape index (κ3) is 4.13. The molecule has 0 aliphatic carbocycles. The summed E-state index contributed by atoms with van der Waals surface area (Å²) in [6, 6.07) is 0.433. The molecule has 3 nitrogen and oxygen atoms in total. The summed E-state index contributed by atoms with van der Waals surface area (Å²) < 4.78 is 1.94. The Labute approximate surface area is 112 Å². The van der Waals surface area contributed by atoms with Crippen molar-refractivity contribution in [2.75, 3.05) is 7.05 Å². The van der Waals surface area contributed by atoms with Crippen LogP contribution in [0.15, 0.2) is 6.20 Å². The molecule has 2 atom stereocenters. The van der Waals surface area contributed by atoms with Gasteiger partial charge in [0.15, 0.2) is 0 Å². The van der Waals surface area contributed by atoms with Crippen molar-refractivity contribution in [3.05, 3.63) is 17.5 Å².